The summed E-state index contributed by atoms with van der Waals surface area (Å²) in [6.45, 7) is 2.90. The highest BCUT2D eigenvalue weighted by Gasteiger charge is 2.28. The van der Waals surface area contributed by atoms with E-state index in [1.54, 1.807) is 24.6 Å². The molecule has 8 heteroatoms. The molecule has 1 aliphatic heterocycles. The molecule has 1 aliphatic rings. The quantitative estimate of drug-likeness (QED) is 0.360. The summed E-state index contributed by atoms with van der Waals surface area (Å²) >= 11 is 1.61. The Morgan fingerprint density at radius 3 is 2.60 bits per heavy atom. The zero-order valence-corrected chi connectivity index (χ0v) is 20.4. The fourth-order valence-corrected chi connectivity index (χ4v) is 5.35. The van der Waals surface area contributed by atoms with Crippen LogP contribution < -0.4 is 14.5 Å². The Kier molecular flexibility index (Phi) is 6.81. The monoisotopic (exact) mass is 488 g/mol. The predicted molar refractivity (Wildman–Crippen MR) is 140 cm³/mol. The Hall–Kier alpha value is -3.65. The highest BCUT2D eigenvalue weighted by atomic mass is 32.1. The van der Waals surface area contributed by atoms with Crippen LogP contribution in [0.3, 0.4) is 0 Å². The van der Waals surface area contributed by atoms with Crippen molar-refractivity contribution < 1.29 is 14.6 Å². The standard InChI is InChI=1S/C27H28N4O3S/c1-34-23-10-6-19(7-11-23)12-15-31(27-29-24-3-2-14-28-25(24)35-27)17-20-4-8-22(9-5-20)30-16-13-21(18-30)26(32)33/h2-11,14,21H,12-13,15-18H2,1H3,(H,32,33)/t21-/m0/s1. The number of fused-ring (bicyclic) bond motifs is 1. The van der Waals surface area contributed by atoms with E-state index in [0.717, 1.165) is 53.0 Å². The molecule has 0 bridgehead atoms. The largest absolute Gasteiger partial charge is 0.497 e. The van der Waals surface area contributed by atoms with Gasteiger partial charge in [-0.15, -0.1) is 0 Å². The van der Waals surface area contributed by atoms with E-state index >= 15 is 0 Å². The van der Waals surface area contributed by atoms with Crippen LogP contribution in [0.2, 0.25) is 0 Å². The Balaban J connectivity index is 1.32. The molecule has 2 aromatic carbocycles. The summed E-state index contributed by atoms with van der Waals surface area (Å²) in [6, 6.07) is 20.6. The van der Waals surface area contributed by atoms with Crippen molar-refractivity contribution in [1.82, 2.24) is 9.97 Å². The highest BCUT2D eigenvalue weighted by Crippen LogP contribution is 2.29. The van der Waals surface area contributed by atoms with Gasteiger partial charge in [0.15, 0.2) is 5.13 Å². The van der Waals surface area contributed by atoms with Gasteiger partial charge in [0, 0.05) is 38.1 Å². The SMILES string of the molecule is COc1ccc(CCN(Cc2ccc(N3CC[C@H](C(=O)O)C3)cc2)c2nc3cccnc3s2)cc1. The number of rotatable bonds is 9. The van der Waals surface area contributed by atoms with Gasteiger partial charge in [-0.25, -0.2) is 9.97 Å². The second-order valence-electron chi connectivity index (χ2n) is 8.78. The van der Waals surface area contributed by atoms with Crippen molar-refractivity contribution in [3.8, 4) is 5.75 Å². The van der Waals surface area contributed by atoms with E-state index in [2.05, 4.69) is 51.2 Å². The molecule has 0 unspecified atom stereocenters. The molecule has 7 nitrogen and oxygen atoms in total. The predicted octanol–water partition coefficient (Wildman–Crippen LogP) is 4.86. The summed E-state index contributed by atoms with van der Waals surface area (Å²) in [7, 11) is 1.68. The third kappa shape index (κ3) is 5.38. The number of aliphatic carboxylic acids is 1. The van der Waals surface area contributed by atoms with Crippen LogP contribution in [-0.4, -0.2) is 47.8 Å². The Morgan fingerprint density at radius 1 is 1.14 bits per heavy atom. The van der Waals surface area contributed by atoms with E-state index in [9.17, 15) is 9.90 Å². The van der Waals surface area contributed by atoms with E-state index < -0.39 is 5.97 Å². The normalized spacial score (nSPS) is 15.5. The number of ether oxygens (including phenoxy) is 1. The third-order valence-corrected chi connectivity index (χ3v) is 7.51. The number of carboxylic acids is 1. The minimum Gasteiger partial charge on any atom is -0.497 e. The second kappa shape index (κ2) is 10.3. The molecule has 1 fully saturated rings. The fraction of sp³-hybridized carbons (Fsp3) is 0.296. The molecule has 1 atom stereocenters. The molecule has 0 amide bonds. The zero-order chi connectivity index (χ0) is 24.2. The van der Waals surface area contributed by atoms with Crippen molar-refractivity contribution in [2.24, 2.45) is 5.92 Å². The van der Waals surface area contributed by atoms with E-state index in [1.807, 2.05) is 24.3 Å². The number of nitrogens with zero attached hydrogens (tertiary/aromatic N) is 4. The van der Waals surface area contributed by atoms with Crippen LogP contribution in [0.25, 0.3) is 10.3 Å². The maximum Gasteiger partial charge on any atom is 0.308 e. The van der Waals surface area contributed by atoms with Crippen LogP contribution in [0, 0.1) is 5.92 Å². The Morgan fingerprint density at radius 2 is 1.91 bits per heavy atom. The maximum absolute atomic E-state index is 11.3. The molecule has 180 valence electrons. The highest BCUT2D eigenvalue weighted by molar-refractivity contribution is 7.21. The molecule has 0 radical (unpaired) electrons. The summed E-state index contributed by atoms with van der Waals surface area (Å²) in [5, 5.41) is 10.3. The molecule has 0 saturated carbocycles. The molecule has 5 rings (SSSR count). The van der Waals surface area contributed by atoms with Crippen LogP contribution in [0.15, 0.2) is 66.9 Å². The van der Waals surface area contributed by atoms with Gasteiger partial charge in [0.25, 0.3) is 0 Å². The van der Waals surface area contributed by atoms with Crippen LogP contribution in [-0.2, 0) is 17.8 Å². The van der Waals surface area contributed by atoms with Gasteiger partial charge < -0.3 is 19.6 Å². The molecule has 35 heavy (non-hydrogen) atoms. The van der Waals surface area contributed by atoms with Crippen LogP contribution in [0.1, 0.15) is 17.5 Å². The number of pyridine rings is 1. The maximum atomic E-state index is 11.3. The van der Waals surface area contributed by atoms with Gasteiger partial charge >= 0.3 is 5.97 Å². The summed E-state index contributed by atoms with van der Waals surface area (Å²) in [5.74, 6) is -0.131. The van der Waals surface area contributed by atoms with Crippen molar-refractivity contribution in [3.63, 3.8) is 0 Å². The molecular formula is C27H28N4O3S. The first-order valence-electron chi connectivity index (χ1n) is 11.7. The van der Waals surface area contributed by atoms with Gasteiger partial charge in [-0.05, 0) is 60.4 Å². The van der Waals surface area contributed by atoms with Crippen molar-refractivity contribution >= 4 is 38.5 Å². The zero-order valence-electron chi connectivity index (χ0n) is 19.6. The minimum absolute atomic E-state index is 0.282. The van der Waals surface area contributed by atoms with Gasteiger partial charge in [0.2, 0.25) is 0 Å². The van der Waals surface area contributed by atoms with Gasteiger partial charge in [-0.2, -0.15) is 0 Å². The van der Waals surface area contributed by atoms with E-state index in [4.69, 9.17) is 9.72 Å². The number of thiazole rings is 1. The number of carboxylic acid groups (broad SMARTS) is 1. The van der Waals surface area contributed by atoms with Gasteiger partial charge in [-0.3, -0.25) is 4.79 Å². The Bertz CT molecular complexity index is 1260. The van der Waals surface area contributed by atoms with Gasteiger partial charge in [0.05, 0.1) is 13.0 Å². The average Bonchev–Trinajstić information content (AvgIpc) is 3.55. The van der Waals surface area contributed by atoms with E-state index in [-0.39, 0.29) is 5.92 Å². The molecule has 1 N–H and O–H groups in total. The molecule has 3 heterocycles. The second-order valence-corrected chi connectivity index (χ2v) is 9.74. The van der Waals surface area contributed by atoms with E-state index in [1.165, 1.54) is 11.1 Å². The number of methoxy groups -OCH3 is 1. The topological polar surface area (TPSA) is 78.8 Å². The number of benzene rings is 2. The molecular weight excluding hydrogens is 460 g/mol. The summed E-state index contributed by atoms with van der Waals surface area (Å²) in [6.07, 6.45) is 3.38. The van der Waals surface area contributed by atoms with Crippen molar-refractivity contribution in [2.75, 3.05) is 36.5 Å². The first kappa shape index (κ1) is 23.1. The number of hydrogen-bond acceptors (Lipinski definition) is 7. The van der Waals surface area contributed by atoms with Crippen LogP contribution in [0.4, 0.5) is 10.8 Å². The lowest BCUT2D eigenvalue weighted by molar-refractivity contribution is -0.140. The molecule has 1 saturated heterocycles. The molecule has 0 spiro atoms. The fourth-order valence-electron chi connectivity index (χ4n) is 4.42. The summed E-state index contributed by atoms with van der Waals surface area (Å²) in [5.41, 5.74) is 4.42. The Labute approximate surface area is 208 Å². The lowest BCUT2D eigenvalue weighted by atomic mass is 10.1. The lowest BCUT2D eigenvalue weighted by Gasteiger charge is -2.23. The minimum atomic E-state index is -0.707. The summed E-state index contributed by atoms with van der Waals surface area (Å²) in [4.78, 5) is 26.0. The molecule has 2 aromatic heterocycles. The van der Waals surface area contributed by atoms with Gasteiger partial charge in [-0.1, -0.05) is 35.6 Å². The van der Waals surface area contributed by atoms with Crippen LogP contribution in [0.5, 0.6) is 5.75 Å². The number of anilines is 2. The number of hydrogen-bond donors (Lipinski definition) is 1. The van der Waals surface area contributed by atoms with Crippen molar-refractivity contribution in [1.29, 1.82) is 0 Å². The van der Waals surface area contributed by atoms with Crippen molar-refractivity contribution in [3.05, 3.63) is 78.0 Å². The first-order chi connectivity index (χ1) is 17.1. The third-order valence-electron chi connectivity index (χ3n) is 6.47. The van der Waals surface area contributed by atoms with Gasteiger partial charge in [0.1, 0.15) is 16.1 Å². The molecule has 4 aromatic rings. The average molecular weight is 489 g/mol. The van der Waals surface area contributed by atoms with E-state index in [0.29, 0.717) is 13.0 Å². The van der Waals surface area contributed by atoms with Crippen LogP contribution >= 0.6 is 11.3 Å². The van der Waals surface area contributed by atoms with Crippen molar-refractivity contribution in [2.45, 2.75) is 19.4 Å². The first-order valence-corrected chi connectivity index (χ1v) is 12.6. The number of aromatic nitrogens is 2. The lowest BCUT2D eigenvalue weighted by Crippen LogP contribution is -2.25. The molecule has 0 aliphatic carbocycles. The summed E-state index contributed by atoms with van der Waals surface area (Å²) < 4.78 is 5.28. The smallest absolute Gasteiger partial charge is 0.308 e. The number of carbonyl (C=O) groups is 1.